The lowest BCUT2D eigenvalue weighted by Crippen LogP contribution is -2.53. The van der Waals surface area contributed by atoms with Crippen molar-refractivity contribution in [2.75, 3.05) is 6.54 Å². The minimum atomic E-state index is -0.432. The summed E-state index contributed by atoms with van der Waals surface area (Å²) >= 11 is 0. The first-order valence-corrected chi connectivity index (χ1v) is 5.56. The van der Waals surface area contributed by atoms with Crippen LogP contribution in [0.25, 0.3) is 0 Å². The Bertz CT molecular complexity index is 235. The van der Waals surface area contributed by atoms with E-state index in [2.05, 4.69) is 0 Å². The second-order valence-electron chi connectivity index (χ2n) is 5.22. The fourth-order valence-corrected chi connectivity index (χ4v) is 1.75. The van der Waals surface area contributed by atoms with Crippen molar-refractivity contribution in [2.24, 2.45) is 5.73 Å². The quantitative estimate of drug-likeness (QED) is 0.668. The molecule has 0 aromatic carbocycles. The molecule has 1 heterocycles. The summed E-state index contributed by atoms with van der Waals surface area (Å²) in [6, 6.07) is 0.153. The maximum Gasteiger partial charge on any atom is 0.410 e. The molecule has 0 spiro atoms. The van der Waals surface area contributed by atoms with Gasteiger partial charge in [0.2, 0.25) is 0 Å². The van der Waals surface area contributed by atoms with E-state index in [0.29, 0.717) is 0 Å². The van der Waals surface area contributed by atoms with Crippen molar-refractivity contribution in [3.8, 4) is 0 Å². The zero-order valence-electron chi connectivity index (χ0n) is 10.1. The van der Waals surface area contributed by atoms with Gasteiger partial charge in [0.25, 0.3) is 0 Å². The van der Waals surface area contributed by atoms with Crippen molar-refractivity contribution in [1.82, 2.24) is 4.90 Å². The minimum absolute atomic E-state index is 0.0752. The summed E-state index contributed by atoms with van der Waals surface area (Å²) in [6.07, 6.45) is 1.70. The van der Waals surface area contributed by atoms with E-state index < -0.39 is 5.60 Å². The van der Waals surface area contributed by atoms with Gasteiger partial charge in [-0.25, -0.2) is 4.79 Å². The molecule has 1 rings (SSSR count). The van der Waals surface area contributed by atoms with Crippen LogP contribution >= 0.6 is 0 Å². The molecule has 1 aliphatic heterocycles. The van der Waals surface area contributed by atoms with E-state index in [0.717, 1.165) is 19.4 Å². The van der Waals surface area contributed by atoms with Crippen LogP contribution in [-0.4, -0.2) is 35.2 Å². The lowest BCUT2D eigenvalue weighted by atomic mass is 9.99. The zero-order chi connectivity index (χ0) is 11.6. The van der Waals surface area contributed by atoms with Gasteiger partial charge in [-0.15, -0.1) is 0 Å². The van der Waals surface area contributed by atoms with Crippen LogP contribution in [0.5, 0.6) is 0 Å². The second kappa shape index (κ2) is 4.39. The van der Waals surface area contributed by atoms with Gasteiger partial charge in [-0.2, -0.15) is 0 Å². The highest BCUT2D eigenvalue weighted by Crippen LogP contribution is 2.19. The number of hydrogen-bond acceptors (Lipinski definition) is 3. The molecule has 1 fully saturated rings. The highest BCUT2D eigenvalue weighted by Gasteiger charge is 2.31. The van der Waals surface area contributed by atoms with Gasteiger partial charge in [0.15, 0.2) is 0 Å². The molecule has 4 heteroatoms. The Balaban J connectivity index is 2.59. The van der Waals surface area contributed by atoms with E-state index in [1.54, 1.807) is 4.90 Å². The zero-order valence-corrected chi connectivity index (χ0v) is 10.1. The molecule has 1 amide bonds. The number of nitrogens with zero attached hydrogens (tertiary/aromatic N) is 1. The topological polar surface area (TPSA) is 55.6 Å². The van der Waals surface area contributed by atoms with E-state index in [-0.39, 0.29) is 18.2 Å². The maximum atomic E-state index is 11.8. The summed E-state index contributed by atoms with van der Waals surface area (Å²) in [6.45, 7) is 8.36. The predicted octanol–water partition coefficient (Wildman–Crippen LogP) is 1.73. The number of nitrogens with two attached hydrogens (primary N) is 1. The van der Waals surface area contributed by atoms with Crippen molar-refractivity contribution < 1.29 is 9.53 Å². The second-order valence-corrected chi connectivity index (χ2v) is 5.22. The molecular formula is C11H22N2O2. The fourth-order valence-electron chi connectivity index (χ4n) is 1.75. The molecule has 0 radical (unpaired) electrons. The van der Waals surface area contributed by atoms with Crippen LogP contribution in [-0.2, 0) is 4.74 Å². The summed E-state index contributed by atoms with van der Waals surface area (Å²) in [5.41, 5.74) is 5.49. The molecule has 0 aromatic rings. The summed E-state index contributed by atoms with van der Waals surface area (Å²) in [4.78, 5) is 13.6. The van der Waals surface area contributed by atoms with Crippen LogP contribution in [0, 0.1) is 0 Å². The third-order valence-corrected chi connectivity index (χ3v) is 2.68. The van der Waals surface area contributed by atoms with Gasteiger partial charge in [-0.05, 0) is 40.5 Å². The van der Waals surface area contributed by atoms with Gasteiger partial charge in [-0.1, -0.05) is 0 Å². The Kier molecular flexibility index (Phi) is 3.60. The Hall–Kier alpha value is -0.770. The highest BCUT2D eigenvalue weighted by atomic mass is 16.6. The largest absolute Gasteiger partial charge is 0.444 e. The minimum Gasteiger partial charge on any atom is -0.444 e. The van der Waals surface area contributed by atoms with Crippen molar-refractivity contribution in [1.29, 1.82) is 0 Å². The van der Waals surface area contributed by atoms with E-state index in [1.165, 1.54) is 0 Å². The average molecular weight is 214 g/mol. The summed E-state index contributed by atoms with van der Waals surface area (Å²) < 4.78 is 5.33. The number of hydrogen-bond donors (Lipinski definition) is 1. The van der Waals surface area contributed by atoms with Gasteiger partial charge in [-0.3, -0.25) is 0 Å². The van der Waals surface area contributed by atoms with Crippen LogP contribution in [0.15, 0.2) is 0 Å². The average Bonchev–Trinajstić information content (AvgIpc) is 2.06. The Morgan fingerprint density at radius 2 is 2.07 bits per heavy atom. The van der Waals surface area contributed by atoms with E-state index in [1.807, 2.05) is 27.7 Å². The van der Waals surface area contributed by atoms with Crippen LogP contribution in [0.3, 0.4) is 0 Å². The van der Waals surface area contributed by atoms with Gasteiger partial charge in [0, 0.05) is 18.6 Å². The predicted molar refractivity (Wildman–Crippen MR) is 59.6 cm³/mol. The Morgan fingerprint density at radius 1 is 1.47 bits per heavy atom. The lowest BCUT2D eigenvalue weighted by Gasteiger charge is -2.38. The van der Waals surface area contributed by atoms with Crippen LogP contribution in [0.2, 0.25) is 0 Å². The van der Waals surface area contributed by atoms with E-state index in [9.17, 15) is 4.79 Å². The van der Waals surface area contributed by atoms with Crippen molar-refractivity contribution in [2.45, 2.75) is 58.2 Å². The fraction of sp³-hybridized carbons (Fsp3) is 0.909. The maximum absolute atomic E-state index is 11.8. The smallest absolute Gasteiger partial charge is 0.410 e. The highest BCUT2D eigenvalue weighted by molar-refractivity contribution is 5.68. The van der Waals surface area contributed by atoms with Crippen LogP contribution in [0.4, 0.5) is 4.79 Å². The van der Waals surface area contributed by atoms with Crippen LogP contribution in [0.1, 0.15) is 40.5 Å². The van der Waals surface area contributed by atoms with Gasteiger partial charge >= 0.3 is 6.09 Å². The molecule has 2 N–H and O–H groups in total. The standard InChI is InChI=1S/C11H22N2O2/c1-8-9(12)6-5-7-13(8)10(14)15-11(2,3)4/h8-9H,5-7,12H2,1-4H3/t8-,9-/m1/s1. The first-order valence-electron chi connectivity index (χ1n) is 5.56. The summed E-state index contributed by atoms with van der Waals surface area (Å²) in [5, 5.41) is 0. The molecule has 0 bridgehead atoms. The van der Waals surface area contributed by atoms with Crippen LogP contribution < -0.4 is 5.73 Å². The van der Waals surface area contributed by atoms with Crippen molar-refractivity contribution in [3.05, 3.63) is 0 Å². The molecule has 88 valence electrons. The molecule has 0 saturated carbocycles. The van der Waals surface area contributed by atoms with Crippen molar-refractivity contribution in [3.63, 3.8) is 0 Å². The molecule has 2 atom stereocenters. The van der Waals surface area contributed by atoms with Gasteiger partial charge in [0.1, 0.15) is 5.60 Å². The molecule has 1 saturated heterocycles. The molecule has 0 aliphatic carbocycles. The van der Waals surface area contributed by atoms with Gasteiger partial charge in [0.05, 0.1) is 0 Å². The number of rotatable bonds is 0. The summed E-state index contributed by atoms with van der Waals surface area (Å²) in [7, 11) is 0. The molecule has 0 unspecified atom stereocenters. The summed E-state index contributed by atoms with van der Waals surface area (Å²) in [5.74, 6) is 0. The molecule has 15 heavy (non-hydrogen) atoms. The molecule has 0 aromatic heterocycles. The lowest BCUT2D eigenvalue weighted by molar-refractivity contribution is 0.00933. The Morgan fingerprint density at radius 3 is 2.60 bits per heavy atom. The number of amides is 1. The number of likely N-dealkylation sites (tertiary alicyclic amines) is 1. The third kappa shape index (κ3) is 3.38. The number of carbonyl (C=O) groups is 1. The van der Waals surface area contributed by atoms with Gasteiger partial charge < -0.3 is 15.4 Å². The van der Waals surface area contributed by atoms with E-state index in [4.69, 9.17) is 10.5 Å². The molecule has 4 nitrogen and oxygen atoms in total. The molecular weight excluding hydrogens is 192 g/mol. The van der Waals surface area contributed by atoms with E-state index >= 15 is 0 Å². The first kappa shape index (κ1) is 12.3. The number of piperidine rings is 1. The first-order chi connectivity index (χ1) is 6.81. The number of ether oxygens (including phenoxy) is 1. The normalized spacial score (nSPS) is 27.7. The Labute approximate surface area is 91.8 Å². The third-order valence-electron chi connectivity index (χ3n) is 2.68. The monoisotopic (exact) mass is 214 g/mol. The van der Waals surface area contributed by atoms with Crippen molar-refractivity contribution >= 4 is 6.09 Å². The SMILES string of the molecule is C[C@@H]1[C@H](N)CCCN1C(=O)OC(C)(C)C. The number of carbonyl (C=O) groups excluding carboxylic acids is 1. The molecule has 1 aliphatic rings.